The zero-order chi connectivity index (χ0) is 13.8. The summed E-state index contributed by atoms with van der Waals surface area (Å²) in [5.41, 5.74) is 2.20. The first kappa shape index (κ1) is 14.7. The van der Waals surface area contributed by atoms with E-state index in [0.717, 1.165) is 23.0 Å². The zero-order valence-electron chi connectivity index (χ0n) is 11.0. The summed E-state index contributed by atoms with van der Waals surface area (Å²) in [6.45, 7) is 5.14. The van der Waals surface area contributed by atoms with E-state index in [0.29, 0.717) is 0 Å². The van der Waals surface area contributed by atoms with E-state index >= 15 is 0 Å². The number of thiophene rings is 1. The van der Waals surface area contributed by atoms with Crippen molar-refractivity contribution in [2.45, 2.75) is 26.3 Å². The molecule has 2 aromatic rings. The van der Waals surface area contributed by atoms with Gasteiger partial charge in [-0.1, -0.05) is 22.9 Å². The van der Waals surface area contributed by atoms with Gasteiger partial charge in [0.1, 0.15) is 5.82 Å². The van der Waals surface area contributed by atoms with E-state index in [1.54, 1.807) is 23.5 Å². The number of benzene rings is 1. The molecule has 0 spiro atoms. The van der Waals surface area contributed by atoms with E-state index in [9.17, 15) is 4.39 Å². The third-order valence-electron chi connectivity index (χ3n) is 3.03. The lowest BCUT2D eigenvalue weighted by molar-refractivity contribution is 0.587. The molecule has 1 unspecified atom stereocenters. The van der Waals surface area contributed by atoms with E-state index in [4.69, 9.17) is 0 Å². The Bertz CT molecular complexity index is 553. The normalized spacial score (nSPS) is 12.6. The van der Waals surface area contributed by atoms with Gasteiger partial charge in [0, 0.05) is 9.35 Å². The van der Waals surface area contributed by atoms with Gasteiger partial charge in [-0.2, -0.15) is 0 Å². The predicted molar refractivity (Wildman–Crippen MR) is 83.3 cm³/mol. The highest BCUT2D eigenvalue weighted by molar-refractivity contribution is 9.10. The van der Waals surface area contributed by atoms with Crippen molar-refractivity contribution in [1.29, 1.82) is 0 Å². The van der Waals surface area contributed by atoms with Gasteiger partial charge in [0.15, 0.2) is 0 Å². The highest BCUT2D eigenvalue weighted by atomic mass is 79.9. The second-order valence-corrected chi connectivity index (χ2v) is 6.32. The van der Waals surface area contributed by atoms with Crippen LogP contribution in [0, 0.1) is 12.7 Å². The van der Waals surface area contributed by atoms with Crippen molar-refractivity contribution >= 4 is 27.3 Å². The summed E-state index contributed by atoms with van der Waals surface area (Å²) in [7, 11) is 0. The molecule has 0 radical (unpaired) electrons. The average molecular weight is 342 g/mol. The Kier molecular flexibility index (Phi) is 5.13. The van der Waals surface area contributed by atoms with Crippen molar-refractivity contribution in [3.8, 4) is 0 Å². The molecule has 1 aromatic heterocycles. The fourth-order valence-electron chi connectivity index (χ4n) is 2.05. The van der Waals surface area contributed by atoms with Gasteiger partial charge >= 0.3 is 0 Å². The molecule has 0 saturated carbocycles. The monoisotopic (exact) mass is 341 g/mol. The van der Waals surface area contributed by atoms with Gasteiger partial charge in [-0.15, -0.1) is 11.3 Å². The highest BCUT2D eigenvalue weighted by Gasteiger charge is 2.19. The number of hydrogen-bond acceptors (Lipinski definition) is 2. The van der Waals surface area contributed by atoms with Crippen molar-refractivity contribution in [1.82, 2.24) is 5.32 Å². The third-order valence-corrected chi connectivity index (χ3v) is 4.84. The predicted octanol–water partition coefficient (Wildman–Crippen LogP) is 5.05. The van der Waals surface area contributed by atoms with Crippen LogP contribution >= 0.6 is 27.3 Å². The van der Waals surface area contributed by atoms with E-state index < -0.39 is 0 Å². The summed E-state index contributed by atoms with van der Waals surface area (Å²) in [6, 6.07) is 7.01. The molecule has 0 aliphatic heterocycles. The van der Waals surface area contributed by atoms with Crippen LogP contribution in [0.15, 0.2) is 34.1 Å². The van der Waals surface area contributed by atoms with Gasteiger partial charge in [-0.25, -0.2) is 4.39 Å². The van der Waals surface area contributed by atoms with Crippen LogP contribution in [-0.4, -0.2) is 6.54 Å². The molecule has 1 heterocycles. The maximum Gasteiger partial charge on any atom is 0.123 e. The molecule has 19 heavy (non-hydrogen) atoms. The maximum atomic E-state index is 13.5. The molecule has 0 saturated heterocycles. The van der Waals surface area contributed by atoms with Crippen LogP contribution in [0.4, 0.5) is 4.39 Å². The molecular weight excluding hydrogens is 325 g/mol. The van der Waals surface area contributed by atoms with Gasteiger partial charge in [-0.05, 0) is 60.7 Å². The van der Waals surface area contributed by atoms with Crippen molar-refractivity contribution in [2.75, 3.05) is 6.54 Å². The number of aryl methyl sites for hydroxylation is 1. The minimum Gasteiger partial charge on any atom is -0.306 e. The van der Waals surface area contributed by atoms with Gasteiger partial charge in [0.05, 0.1) is 6.04 Å². The molecule has 102 valence electrons. The van der Waals surface area contributed by atoms with E-state index in [1.165, 1.54) is 16.5 Å². The lowest BCUT2D eigenvalue weighted by atomic mass is 10.0. The molecule has 0 bridgehead atoms. The third kappa shape index (κ3) is 3.44. The Morgan fingerprint density at radius 3 is 2.79 bits per heavy atom. The summed E-state index contributed by atoms with van der Waals surface area (Å²) < 4.78 is 14.5. The summed E-state index contributed by atoms with van der Waals surface area (Å²) in [6.07, 6.45) is 1.05. The van der Waals surface area contributed by atoms with Gasteiger partial charge < -0.3 is 5.32 Å². The minimum atomic E-state index is -0.198. The molecule has 0 aliphatic carbocycles. The maximum absolute atomic E-state index is 13.5. The first-order valence-corrected chi connectivity index (χ1v) is 8.03. The van der Waals surface area contributed by atoms with Crippen molar-refractivity contribution in [2.24, 2.45) is 0 Å². The molecule has 0 amide bonds. The SMILES string of the molecule is CCCNC(c1cc(F)ccc1Br)c1sccc1C. The first-order chi connectivity index (χ1) is 9.13. The number of nitrogens with one attached hydrogen (secondary N) is 1. The molecule has 4 heteroatoms. The van der Waals surface area contributed by atoms with E-state index in [-0.39, 0.29) is 11.9 Å². The molecule has 0 aliphatic rings. The number of halogens is 2. The Morgan fingerprint density at radius 1 is 1.37 bits per heavy atom. The van der Waals surface area contributed by atoms with Crippen LogP contribution in [0.2, 0.25) is 0 Å². The molecule has 1 nitrogen and oxygen atoms in total. The average Bonchev–Trinajstić information content (AvgIpc) is 2.80. The van der Waals surface area contributed by atoms with Gasteiger partial charge in [0.2, 0.25) is 0 Å². The summed E-state index contributed by atoms with van der Waals surface area (Å²) in [4.78, 5) is 1.25. The van der Waals surface area contributed by atoms with Crippen molar-refractivity contribution in [3.63, 3.8) is 0 Å². The second-order valence-electron chi connectivity index (χ2n) is 4.52. The molecule has 1 atom stereocenters. The molecular formula is C15H17BrFNS. The van der Waals surface area contributed by atoms with E-state index in [1.807, 2.05) is 0 Å². The molecule has 2 rings (SSSR count). The Labute approximate surface area is 126 Å². The zero-order valence-corrected chi connectivity index (χ0v) is 13.4. The van der Waals surface area contributed by atoms with Crippen LogP contribution in [-0.2, 0) is 0 Å². The smallest absolute Gasteiger partial charge is 0.123 e. The number of hydrogen-bond donors (Lipinski definition) is 1. The Morgan fingerprint density at radius 2 is 2.16 bits per heavy atom. The Balaban J connectivity index is 2.42. The van der Waals surface area contributed by atoms with Crippen molar-refractivity contribution < 1.29 is 4.39 Å². The largest absolute Gasteiger partial charge is 0.306 e. The van der Waals surface area contributed by atoms with Crippen LogP contribution in [0.25, 0.3) is 0 Å². The Hall–Kier alpha value is -0.710. The van der Waals surface area contributed by atoms with Crippen LogP contribution in [0.5, 0.6) is 0 Å². The van der Waals surface area contributed by atoms with Crippen molar-refractivity contribution in [3.05, 3.63) is 55.9 Å². The molecule has 1 N–H and O–H groups in total. The van der Waals surface area contributed by atoms with Crippen LogP contribution in [0.3, 0.4) is 0 Å². The minimum absolute atomic E-state index is 0.0463. The molecule has 0 fully saturated rings. The van der Waals surface area contributed by atoms with E-state index in [2.05, 4.69) is 46.5 Å². The van der Waals surface area contributed by atoms with Crippen LogP contribution in [0.1, 0.15) is 35.4 Å². The topological polar surface area (TPSA) is 12.0 Å². The number of rotatable bonds is 5. The van der Waals surface area contributed by atoms with Gasteiger partial charge in [-0.3, -0.25) is 0 Å². The quantitative estimate of drug-likeness (QED) is 0.802. The fourth-order valence-corrected chi connectivity index (χ4v) is 3.54. The van der Waals surface area contributed by atoms with Gasteiger partial charge in [0.25, 0.3) is 0 Å². The first-order valence-electron chi connectivity index (χ1n) is 6.35. The lowest BCUT2D eigenvalue weighted by Gasteiger charge is -2.20. The fraction of sp³-hybridized carbons (Fsp3) is 0.333. The summed E-state index contributed by atoms with van der Waals surface area (Å²) in [5.74, 6) is -0.198. The lowest BCUT2D eigenvalue weighted by Crippen LogP contribution is -2.23. The van der Waals surface area contributed by atoms with Crippen LogP contribution < -0.4 is 5.32 Å². The second kappa shape index (κ2) is 6.64. The summed E-state index contributed by atoms with van der Waals surface area (Å²) >= 11 is 5.24. The highest BCUT2D eigenvalue weighted by Crippen LogP contribution is 2.33. The summed E-state index contributed by atoms with van der Waals surface area (Å²) in [5, 5.41) is 5.59. The molecule has 1 aromatic carbocycles. The standard InChI is InChI=1S/C15H17BrFNS/c1-3-7-18-14(15-10(2)6-8-19-15)12-9-11(17)4-5-13(12)16/h4-6,8-9,14,18H,3,7H2,1-2H3.